The fourth-order valence-electron chi connectivity index (χ4n) is 1.70. The summed E-state index contributed by atoms with van der Waals surface area (Å²) >= 11 is 0. The molecule has 0 radical (unpaired) electrons. The maximum absolute atomic E-state index is 5.56. The molecule has 1 saturated heterocycles. The van der Waals surface area contributed by atoms with E-state index in [9.17, 15) is 0 Å². The molecule has 1 aliphatic heterocycles. The molecule has 0 N–H and O–H groups in total. The van der Waals surface area contributed by atoms with E-state index in [-0.39, 0.29) is 15.4 Å². The Hall–Kier alpha value is 0.0569. The van der Waals surface area contributed by atoms with Crippen LogP contribution in [0.4, 0.5) is 0 Å². The fraction of sp³-hybridized carbons (Fsp3) is 1.00. The van der Waals surface area contributed by atoms with Crippen LogP contribution < -0.4 is 0 Å². The average Bonchev–Trinajstić information content (AvgIpc) is 2.28. The number of morpholine rings is 1. The molecule has 15 heavy (non-hydrogen) atoms. The summed E-state index contributed by atoms with van der Waals surface area (Å²) in [5.74, 6) is 0.0999. The second kappa shape index (κ2) is 8.24. The van der Waals surface area contributed by atoms with Gasteiger partial charge in [0.1, 0.15) is 15.4 Å². The van der Waals surface area contributed by atoms with Gasteiger partial charge in [0.15, 0.2) is 0 Å². The normalized spacial score (nSPS) is 19.4. The Balaban J connectivity index is 2.13. The van der Waals surface area contributed by atoms with Crippen molar-refractivity contribution in [3.05, 3.63) is 0 Å². The summed E-state index contributed by atoms with van der Waals surface area (Å²) in [5.41, 5.74) is 0. The van der Waals surface area contributed by atoms with E-state index in [2.05, 4.69) is 4.90 Å². The first-order valence-corrected chi connectivity index (χ1v) is 7.71. The molecule has 0 saturated carbocycles. The zero-order chi connectivity index (χ0) is 10.9. The molecule has 1 aliphatic rings. The van der Waals surface area contributed by atoms with Gasteiger partial charge in [-0.05, 0) is 20.0 Å². The summed E-state index contributed by atoms with van der Waals surface area (Å²) in [6.45, 7) is 9.44. The molecule has 0 aliphatic carbocycles. The van der Waals surface area contributed by atoms with Crippen molar-refractivity contribution in [2.75, 3.05) is 45.7 Å². The van der Waals surface area contributed by atoms with Crippen LogP contribution >= 0.6 is 0 Å². The highest BCUT2D eigenvalue weighted by Crippen LogP contribution is 1.98. The van der Waals surface area contributed by atoms with Gasteiger partial charge < -0.3 is 19.1 Å². The highest BCUT2D eigenvalue weighted by Gasteiger charge is 2.14. The Morgan fingerprint density at radius 3 is 2.33 bits per heavy atom. The molecule has 4 nitrogen and oxygen atoms in total. The van der Waals surface area contributed by atoms with Crippen molar-refractivity contribution in [2.24, 2.45) is 0 Å². The van der Waals surface area contributed by atoms with Crippen molar-refractivity contribution in [2.45, 2.75) is 19.8 Å². The summed E-state index contributed by atoms with van der Waals surface area (Å²) in [5, 5.41) is 0. The third-order valence-corrected chi connectivity index (χ3v) is 4.32. The van der Waals surface area contributed by atoms with E-state index in [0.29, 0.717) is 0 Å². The third-order valence-electron chi connectivity index (χ3n) is 2.49. The maximum atomic E-state index is 5.56. The fourth-order valence-corrected chi connectivity index (χ4v) is 3.53. The second-order valence-electron chi connectivity index (χ2n) is 3.58. The molecule has 90 valence electrons. The SMILES string of the molecule is CCOC(OCC)[SiH2]CN1CCOCC1. The molecule has 0 atom stereocenters. The molecule has 1 rings (SSSR count). The number of ether oxygens (including phenoxy) is 3. The van der Waals surface area contributed by atoms with E-state index in [0.717, 1.165) is 39.5 Å². The van der Waals surface area contributed by atoms with Gasteiger partial charge in [-0.25, -0.2) is 0 Å². The lowest BCUT2D eigenvalue weighted by Gasteiger charge is -2.27. The lowest BCUT2D eigenvalue weighted by Crippen LogP contribution is -2.42. The van der Waals surface area contributed by atoms with Gasteiger partial charge >= 0.3 is 0 Å². The van der Waals surface area contributed by atoms with Crippen LogP contribution in [0.25, 0.3) is 0 Å². The molecule has 0 bridgehead atoms. The van der Waals surface area contributed by atoms with E-state index in [1.165, 1.54) is 6.17 Å². The number of hydrogen-bond donors (Lipinski definition) is 0. The van der Waals surface area contributed by atoms with Gasteiger partial charge in [-0.2, -0.15) is 0 Å². The van der Waals surface area contributed by atoms with Gasteiger partial charge in [-0.15, -0.1) is 0 Å². The average molecular weight is 233 g/mol. The lowest BCUT2D eigenvalue weighted by atomic mass is 10.5. The first-order chi connectivity index (χ1) is 7.36. The second-order valence-corrected chi connectivity index (χ2v) is 5.27. The van der Waals surface area contributed by atoms with Crippen molar-refractivity contribution < 1.29 is 14.2 Å². The van der Waals surface area contributed by atoms with Gasteiger partial charge in [0.05, 0.1) is 13.2 Å². The predicted molar refractivity (Wildman–Crippen MR) is 62.8 cm³/mol. The number of nitrogens with zero attached hydrogens (tertiary/aromatic N) is 1. The van der Waals surface area contributed by atoms with Crippen LogP contribution in [0.5, 0.6) is 0 Å². The minimum Gasteiger partial charge on any atom is -0.379 e. The van der Waals surface area contributed by atoms with E-state index in [4.69, 9.17) is 14.2 Å². The van der Waals surface area contributed by atoms with Crippen molar-refractivity contribution >= 4 is 9.52 Å². The number of hydrogen-bond acceptors (Lipinski definition) is 4. The van der Waals surface area contributed by atoms with E-state index < -0.39 is 0 Å². The first-order valence-electron chi connectivity index (χ1n) is 5.90. The van der Waals surface area contributed by atoms with Crippen LogP contribution in [-0.4, -0.2) is 66.0 Å². The topological polar surface area (TPSA) is 30.9 Å². The van der Waals surface area contributed by atoms with E-state index in [1.54, 1.807) is 0 Å². The number of rotatable bonds is 7. The molecule has 0 spiro atoms. The van der Waals surface area contributed by atoms with Crippen molar-refractivity contribution in [3.8, 4) is 0 Å². The van der Waals surface area contributed by atoms with Gasteiger partial charge in [0.25, 0.3) is 0 Å². The zero-order valence-electron chi connectivity index (χ0n) is 9.91. The van der Waals surface area contributed by atoms with Crippen LogP contribution in [-0.2, 0) is 14.2 Å². The Kier molecular flexibility index (Phi) is 7.21. The van der Waals surface area contributed by atoms with Gasteiger partial charge in [-0.1, -0.05) is 0 Å². The lowest BCUT2D eigenvalue weighted by molar-refractivity contribution is -0.0837. The molecule has 0 aromatic heterocycles. The minimum atomic E-state index is -0.316. The summed E-state index contributed by atoms with van der Waals surface area (Å²) in [6.07, 6.45) is 1.17. The zero-order valence-corrected chi connectivity index (χ0v) is 11.3. The summed E-state index contributed by atoms with van der Waals surface area (Å²) in [4.78, 5) is 2.46. The first kappa shape index (κ1) is 13.1. The summed E-state index contributed by atoms with van der Waals surface area (Å²) < 4.78 is 16.4. The Morgan fingerprint density at radius 2 is 1.80 bits per heavy atom. The van der Waals surface area contributed by atoms with Crippen molar-refractivity contribution in [1.82, 2.24) is 4.90 Å². The monoisotopic (exact) mass is 233 g/mol. The summed E-state index contributed by atoms with van der Waals surface area (Å²) in [6, 6.07) is 0. The molecule has 0 aromatic rings. The van der Waals surface area contributed by atoms with Crippen molar-refractivity contribution in [1.29, 1.82) is 0 Å². The molecule has 1 heterocycles. The van der Waals surface area contributed by atoms with Crippen LogP contribution in [0.2, 0.25) is 0 Å². The molecular formula is C10H23NO3Si. The molecule has 0 amide bonds. The van der Waals surface area contributed by atoms with Crippen LogP contribution in [0.3, 0.4) is 0 Å². The molecular weight excluding hydrogens is 210 g/mol. The van der Waals surface area contributed by atoms with Crippen LogP contribution in [0, 0.1) is 0 Å². The third kappa shape index (κ3) is 5.63. The van der Waals surface area contributed by atoms with E-state index >= 15 is 0 Å². The van der Waals surface area contributed by atoms with Crippen LogP contribution in [0.1, 0.15) is 13.8 Å². The predicted octanol–water partition coefficient (Wildman–Crippen LogP) is -0.198. The molecule has 5 heteroatoms. The smallest absolute Gasteiger partial charge is 0.136 e. The minimum absolute atomic E-state index is 0.0999. The van der Waals surface area contributed by atoms with Gasteiger partial charge in [0.2, 0.25) is 0 Å². The largest absolute Gasteiger partial charge is 0.379 e. The van der Waals surface area contributed by atoms with E-state index in [1.807, 2.05) is 13.8 Å². The van der Waals surface area contributed by atoms with Crippen LogP contribution in [0.15, 0.2) is 0 Å². The standard InChI is InChI=1S/C10H23NO3Si/c1-3-13-10(14-4-2)15-9-11-5-7-12-8-6-11/h10H,3-9,15H2,1-2H3. The highest BCUT2D eigenvalue weighted by atomic mass is 28.2. The van der Waals surface area contributed by atoms with Gasteiger partial charge in [-0.3, -0.25) is 0 Å². The Labute approximate surface area is 94.7 Å². The van der Waals surface area contributed by atoms with Crippen molar-refractivity contribution in [3.63, 3.8) is 0 Å². The Morgan fingerprint density at radius 1 is 1.20 bits per heavy atom. The highest BCUT2D eigenvalue weighted by molar-refractivity contribution is 6.36. The van der Waals surface area contributed by atoms with Gasteiger partial charge in [0, 0.05) is 26.3 Å². The molecule has 1 fully saturated rings. The molecule has 0 unspecified atom stereocenters. The quantitative estimate of drug-likeness (QED) is 0.450. The maximum Gasteiger partial charge on any atom is 0.136 e. The molecule has 0 aromatic carbocycles. The Bertz CT molecular complexity index is 148. The summed E-state index contributed by atoms with van der Waals surface area (Å²) in [7, 11) is -0.316.